The zero-order chi connectivity index (χ0) is 14.0. The second-order valence-electron chi connectivity index (χ2n) is 4.06. The van der Waals surface area contributed by atoms with Crippen LogP contribution >= 0.6 is 0 Å². The molecule has 0 heterocycles. The number of amides is 1. The number of benzene rings is 2. The summed E-state index contributed by atoms with van der Waals surface area (Å²) in [6, 6.07) is 6.80. The van der Waals surface area contributed by atoms with E-state index in [2.05, 4.69) is 5.32 Å². The molecule has 2 rings (SSSR count). The van der Waals surface area contributed by atoms with Crippen molar-refractivity contribution in [1.82, 2.24) is 0 Å². The first-order chi connectivity index (χ1) is 8.97. The van der Waals surface area contributed by atoms with E-state index in [0.29, 0.717) is 11.6 Å². The lowest BCUT2D eigenvalue weighted by atomic mass is 10.1. The summed E-state index contributed by atoms with van der Waals surface area (Å²) in [4.78, 5) is 11.7. The van der Waals surface area contributed by atoms with E-state index in [1.54, 1.807) is 13.0 Å². The molecule has 1 amide bonds. The fourth-order valence-electron chi connectivity index (χ4n) is 1.58. The second-order valence-corrected chi connectivity index (χ2v) is 4.06. The van der Waals surface area contributed by atoms with Gasteiger partial charge in [0.2, 0.25) is 0 Å². The number of aryl methyl sites for hydroxylation is 1. The van der Waals surface area contributed by atoms with Gasteiger partial charge in [0.05, 0.1) is 11.3 Å². The summed E-state index contributed by atoms with van der Waals surface area (Å²) in [6.07, 6.45) is 0. The van der Waals surface area contributed by atoms with Gasteiger partial charge in [-0.3, -0.25) is 4.79 Å². The third-order valence-corrected chi connectivity index (χ3v) is 2.55. The molecular weight excluding hydrogens is 255 g/mol. The molecule has 2 aromatic carbocycles. The maximum absolute atomic E-state index is 13.5. The zero-order valence-corrected chi connectivity index (χ0v) is 10.0. The second kappa shape index (κ2) is 5.14. The third-order valence-electron chi connectivity index (χ3n) is 2.55. The Kier molecular flexibility index (Phi) is 3.55. The van der Waals surface area contributed by atoms with Crippen LogP contribution in [0.3, 0.4) is 0 Å². The quantitative estimate of drug-likeness (QED) is 0.882. The Labute approximate surface area is 107 Å². The number of anilines is 1. The van der Waals surface area contributed by atoms with E-state index in [1.807, 2.05) is 0 Å². The molecule has 1 N–H and O–H groups in total. The number of rotatable bonds is 2. The lowest BCUT2D eigenvalue weighted by Gasteiger charge is -2.07. The Morgan fingerprint density at radius 2 is 1.74 bits per heavy atom. The van der Waals surface area contributed by atoms with E-state index < -0.39 is 23.4 Å². The lowest BCUT2D eigenvalue weighted by molar-refractivity contribution is 0.102. The van der Waals surface area contributed by atoms with Crippen molar-refractivity contribution >= 4 is 11.6 Å². The molecule has 0 radical (unpaired) electrons. The summed E-state index contributed by atoms with van der Waals surface area (Å²) in [5.74, 6) is -3.23. The van der Waals surface area contributed by atoms with Crippen LogP contribution in [0, 0.1) is 24.4 Å². The van der Waals surface area contributed by atoms with E-state index in [0.717, 1.165) is 12.1 Å². The molecule has 2 aromatic rings. The monoisotopic (exact) mass is 265 g/mol. The molecule has 2 nitrogen and oxygen atoms in total. The Balaban J connectivity index is 2.25. The van der Waals surface area contributed by atoms with Crippen LogP contribution in [0.1, 0.15) is 15.9 Å². The number of halogens is 3. The van der Waals surface area contributed by atoms with Gasteiger partial charge in [-0.05, 0) is 36.8 Å². The molecule has 0 aliphatic rings. The Hall–Kier alpha value is -2.30. The minimum atomic E-state index is -0.995. The molecule has 0 bridgehead atoms. The molecule has 98 valence electrons. The first kappa shape index (κ1) is 13.1. The van der Waals surface area contributed by atoms with Gasteiger partial charge < -0.3 is 5.32 Å². The lowest BCUT2D eigenvalue weighted by Crippen LogP contribution is -2.15. The molecular formula is C14H10F3NO. The highest BCUT2D eigenvalue weighted by Crippen LogP contribution is 2.17. The summed E-state index contributed by atoms with van der Waals surface area (Å²) in [6.45, 7) is 1.70. The Morgan fingerprint density at radius 1 is 1.00 bits per heavy atom. The highest BCUT2D eigenvalue weighted by Gasteiger charge is 2.14. The Morgan fingerprint density at radius 3 is 2.37 bits per heavy atom. The van der Waals surface area contributed by atoms with Gasteiger partial charge in [0.15, 0.2) is 0 Å². The molecule has 0 aliphatic heterocycles. The van der Waals surface area contributed by atoms with Crippen molar-refractivity contribution in [3.8, 4) is 0 Å². The predicted octanol–water partition coefficient (Wildman–Crippen LogP) is 3.66. The summed E-state index contributed by atoms with van der Waals surface area (Å²) < 4.78 is 39.6. The highest BCUT2D eigenvalue weighted by molar-refractivity contribution is 6.04. The standard InChI is InChI=1S/C14H10F3NO/c1-8-2-5-13(12(17)6-8)18-14(19)10-4-3-9(15)7-11(10)16/h2-7H,1H3,(H,18,19). The number of carbonyl (C=O) groups excluding carboxylic acids is 1. The number of hydrogen-bond acceptors (Lipinski definition) is 1. The highest BCUT2D eigenvalue weighted by atomic mass is 19.1. The average molecular weight is 265 g/mol. The molecule has 0 saturated heterocycles. The molecule has 0 atom stereocenters. The SMILES string of the molecule is Cc1ccc(NC(=O)c2ccc(F)cc2F)c(F)c1. The van der Waals surface area contributed by atoms with Gasteiger partial charge in [-0.15, -0.1) is 0 Å². The third kappa shape index (κ3) is 2.93. The van der Waals surface area contributed by atoms with Crippen molar-refractivity contribution in [3.63, 3.8) is 0 Å². The number of carbonyl (C=O) groups is 1. The van der Waals surface area contributed by atoms with Gasteiger partial charge in [-0.2, -0.15) is 0 Å². The van der Waals surface area contributed by atoms with E-state index in [1.165, 1.54) is 12.1 Å². The van der Waals surface area contributed by atoms with E-state index in [9.17, 15) is 18.0 Å². The van der Waals surface area contributed by atoms with Gasteiger partial charge in [0.25, 0.3) is 5.91 Å². The van der Waals surface area contributed by atoms with Crippen LogP contribution in [-0.4, -0.2) is 5.91 Å². The van der Waals surface area contributed by atoms with Gasteiger partial charge in [0.1, 0.15) is 17.5 Å². The van der Waals surface area contributed by atoms with E-state index >= 15 is 0 Å². The van der Waals surface area contributed by atoms with Crippen molar-refractivity contribution in [1.29, 1.82) is 0 Å². The van der Waals surface area contributed by atoms with E-state index in [4.69, 9.17) is 0 Å². The maximum atomic E-state index is 13.5. The molecule has 19 heavy (non-hydrogen) atoms. The van der Waals surface area contributed by atoms with Crippen molar-refractivity contribution < 1.29 is 18.0 Å². The predicted molar refractivity (Wildman–Crippen MR) is 65.4 cm³/mol. The van der Waals surface area contributed by atoms with Crippen LogP contribution in [0.15, 0.2) is 36.4 Å². The summed E-state index contributed by atoms with van der Waals surface area (Å²) >= 11 is 0. The van der Waals surface area contributed by atoms with Crippen LogP contribution in [0.25, 0.3) is 0 Å². The van der Waals surface area contributed by atoms with Crippen LogP contribution in [0.5, 0.6) is 0 Å². The van der Waals surface area contributed by atoms with Crippen LogP contribution < -0.4 is 5.32 Å². The molecule has 0 aromatic heterocycles. The Bertz CT molecular complexity index is 641. The minimum absolute atomic E-state index is 0.0562. The topological polar surface area (TPSA) is 29.1 Å². The number of nitrogens with one attached hydrogen (secondary N) is 1. The molecule has 0 saturated carbocycles. The van der Waals surface area contributed by atoms with Crippen LogP contribution in [-0.2, 0) is 0 Å². The summed E-state index contributed by atoms with van der Waals surface area (Å²) in [5, 5.41) is 2.24. The summed E-state index contributed by atoms with van der Waals surface area (Å²) in [7, 11) is 0. The van der Waals surface area contributed by atoms with Crippen molar-refractivity contribution in [2.45, 2.75) is 6.92 Å². The van der Waals surface area contributed by atoms with Crippen LogP contribution in [0.2, 0.25) is 0 Å². The number of hydrogen-bond donors (Lipinski definition) is 1. The minimum Gasteiger partial charge on any atom is -0.319 e. The van der Waals surface area contributed by atoms with Gasteiger partial charge in [-0.1, -0.05) is 6.07 Å². The fourth-order valence-corrected chi connectivity index (χ4v) is 1.58. The zero-order valence-electron chi connectivity index (χ0n) is 10.0. The van der Waals surface area contributed by atoms with Crippen molar-refractivity contribution in [2.24, 2.45) is 0 Å². The first-order valence-corrected chi connectivity index (χ1v) is 5.50. The maximum Gasteiger partial charge on any atom is 0.258 e. The van der Waals surface area contributed by atoms with E-state index in [-0.39, 0.29) is 11.3 Å². The van der Waals surface area contributed by atoms with Crippen LogP contribution in [0.4, 0.5) is 18.9 Å². The fraction of sp³-hybridized carbons (Fsp3) is 0.0714. The largest absolute Gasteiger partial charge is 0.319 e. The molecule has 0 spiro atoms. The smallest absolute Gasteiger partial charge is 0.258 e. The van der Waals surface area contributed by atoms with Crippen molar-refractivity contribution in [2.75, 3.05) is 5.32 Å². The molecule has 0 aliphatic carbocycles. The molecule has 5 heteroatoms. The first-order valence-electron chi connectivity index (χ1n) is 5.50. The summed E-state index contributed by atoms with van der Waals surface area (Å²) in [5.41, 5.74) is 0.296. The van der Waals surface area contributed by atoms with Gasteiger partial charge in [-0.25, -0.2) is 13.2 Å². The van der Waals surface area contributed by atoms with Crippen molar-refractivity contribution in [3.05, 3.63) is 65.0 Å². The van der Waals surface area contributed by atoms with Gasteiger partial charge >= 0.3 is 0 Å². The molecule has 0 fully saturated rings. The molecule has 0 unspecified atom stereocenters. The normalized spacial score (nSPS) is 10.3. The van der Waals surface area contributed by atoms with Gasteiger partial charge in [0, 0.05) is 6.07 Å². The average Bonchev–Trinajstić information content (AvgIpc) is 2.32.